The molecule has 0 atom stereocenters. The number of nitrogens with zero attached hydrogens (tertiary/aromatic N) is 4. The molecule has 0 spiro atoms. The van der Waals surface area contributed by atoms with Crippen LogP contribution in [0.15, 0.2) is 48.7 Å². The lowest BCUT2D eigenvalue weighted by atomic mass is 10.3. The summed E-state index contributed by atoms with van der Waals surface area (Å²) in [5.41, 5.74) is 3.83. The predicted octanol–water partition coefficient (Wildman–Crippen LogP) is 3.70. The maximum atomic E-state index is 6.01. The van der Waals surface area contributed by atoms with Crippen molar-refractivity contribution in [1.29, 1.82) is 0 Å². The molecule has 4 aromatic rings. The van der Waals surface area contributed by atoms with E-state index in [4.69, 9.17) is 11.6 Å². The Hall–Kier alpha value is -2.66. The van der Waals surface area contributed by atoms with Gasteiger partial charge in [0.15, 0.2) is 5.82 Å². The maximum Gasteiger partial charge on any atom is 0.153 e. The van der Waals surface area contributed by atoms with Gasteiger partial charge in [0.2, 0.25) is 0 Å². The number of nitrogens with one attached hydrogen (secondary N) is 1. The van der Waals surface area contributed by atoms with Crippen LogP contribution in [0.5, 0.6) is 0 Å². The highest BCUT2D eigenvalue weighted by atomic mass is 35.5. The van der Waals surface area contributed by atoms with Gasteiger partial charge in [-0.25, -0.2) is 14.6 Å². The number of H-pyrrole nitrogens is 1. The molecule has 0 unspecified atom stereocenters. The molecule has 1 aromatic carbocycles. The van der Waals surface area contributed by atoms with Crippen LogP contribution in [0.2, 0.25) is 5.02 Å². The van der Waals surface area contributed by atoms with Crippen LogP contribution < -0.4 is 0 Å². The summed E-state index contributed by atoms with van der Waals surface area (Å²) in [5, 5.41) is 5.33. The molecule has 0 fully saturated rings. The van der Waals surface area contributed by atoms with E-state index in [2.05, 4.69) is 26.1 Å². The first-order valence-electron chi connectivity index (χ1n) is 7.30. The molecule has 1 N–H and O–H groups in total. The van der Waals surface area contributed by atoms with E-state index in [1.807, 2.05) is 48.0 Å². The number of imidazole rings is 1. The van der Waals surface area contributed by atoms with Gasteiger partial charge in [0.05, 0.1) is 16.7 Å². The fourth-order valence-electron chi connectivity index (χ4n) is 2.63. The third-order valence-electron chi connectivity index (χ3n) is 3.65. The highest BCUT2D eigenvalue weighted by Crippen LogP contribution is 2.19. The van der Waals surface area contributed by atoms with Crippen LogP contribution in [-0.2, 0) is 6.42 Å². The minimum Gasteiger partial charge on any atom is -0.342 e. The Labute approximate surface area is 138 Å². The van der Waals surface area contributed by atoms with Crippen molar-refractivity contribution < 1.29 is 0 Å². The highest BCUT2D eigenvalue weighted by molar-refractivity contribution is 6.31. The fraction of sp³-hybridized carbons (Fsp3) is 0.118. The van der Waals surface area contributed by atoms with Crippen molar-refractivity contribution in [3.63, 3.8) is 0 Å². The molecule has 3 aromatic heterocycles. The Bertz CT molecular complexity index is 971. The van der Waals surface area contributed by atoms with Gasteiger partial charge in [-0.1, -0.05) is 17.7 Å². The topological polar surface area (TPSA) is 59.4 Å². The standard InChI is InChI=1S/C17H14ClN5/c1-11-8-13(22-23(11)17-4-2-3-7-19-17)10-16-20-14-6-5-12(18)9-15(14)21-16/h2-9H,10H2,1H3,(H,20,21). The third kappa shape index (κ3) is 2.71. The number of hydrogen-bond donors (Lipinski definition) is 1. The zero-order valence-corrected chi connectivity index (χ0v) is 13.2. The SMILES string of the molecule is Cc1cc(Cc2nc3ccc(Cl)cc3[nH]2)nn1-c1ccccn1. The first-order valence-corrected chi connectivity index (χ1v) is 7.68. The van der Waals surface area contributed by atoms with E-state index < -0.39 is 0 Å². The Morgan fingerprint density at radius 1 is 1.17 bits per heavy atom. The maximum absolute atomic E-state index is 6.01. The lowest BCUT2D eigenvalue weighted by molar-refractivity contribution is 0.793. The second-order valence-electron chi connectivity index (χ2n) is 5.40. The molecule has 0 aliphatic carbocycles. The second-order valence-corrected chi connectivity index (χ2v) is 5.83. The summed E-state index contributed by atoms with van der Waals surface area (Å²) in [6.45, 7) is 2.02. The first-order chi connectivity index (χ1) is 11.2. The Kier molecular flexibility index (Phi) is 3.35. The number of pyridine rings is 1. The zero-order chi connectivity index (χ0) is 15.8. The van der Waals surface area contributed by atoms with Gasteiger partial charge in [0, 0.05) is 23.3 Å². The molecular formula is C17H14ClN5. The van der Waals surface area contributed by atoms with Crippen molar-refractivity contribution >= 4 is 22.6 Å². The summed E-state index contributed by atoms with van der Waals surface area (Å²) in [7, 11) is 0. The molecular weight excluding hydrogens is 310 g/mol. The van der Waals surface area contributed by atoms with Gasteiger partial charge in [-0.2, -0.15) is 5.10 Å². The average Bonchev–Trinajstić information content (AvgIpc) is 3.10. The first kappa shape index (κ1) is 14.0. The molecule has 0 saturated carbocycles. The largest absolute Gasteiger partial charge is 0.342 e. The molecule has 0 bridgehead atoms. The van der Waals surface area contributed by atoms with Crippen LogP contribution in [0.1, 0.15) is 17.2 Å². The number of aryl methyl sites for hydroxylation is 1. The van der Waals surface area contributed by atoms with Gasteiger partial charge >= 0.3 is 0 Å². The van der Waals surface area contributed by atoms with Crippen molar-refractivity contribution in [2.24, 2.45) is 0 Å². The highest BCUT2D eigenvalue weighted by Gasteiger charge is 2.10. The van der Waals surface area contributed by atoms with E-state index in [1.54, 1.807) is 6.20 Å². The van der Waals surface area contributed by atoms with Gasteiger partial charge in [0.25, 0.3) is 0 Å². The van der Waals surface area contributed by atoms with Crippen LogP contribution in [0.3, 0.4) is 0 Å². The van der Waals surface area contributed by atoms with E-state index in [1.165, 1.54) is 0 Å². The van der Waals surface area contributed by atoms with E-state index >= 15 is 0 Å². The third-order valence-corrected chi connectivity index (χ3v) is 3.88. The second kappa shape index (κ2) is 5.52. The van der Waals surface area contributed by atoms with E-state index in [0.717, 1.165) is 34.1 Å². The normalized spacial score (nSPS) is 11.2. The van der Waals surface area contributed by atoms with Crippen molar-refractivity contribution in [2.45, 2.75) is 13.3 Å². The van der Waals surface area contributed by atoms with Crippen molar-refractivity contribution in [2.75, 3.05) is 0 Å². The summed E-state index contributed by atoms with van der Waals surface area (Å²) in [5.74, 6) is 1.68. The Morgan fingerprint density at radius 3 is 2.91 bits per heavy atom. The monoisotopic (exact) mass is 323 g/mol. The van der Waals surface area contributed by atoms with E-state index in [-0.39, 0.29) is 0 Å². The number of hydrogen-bond acceptors (Lipinski definition) is 3. The number of fused-ring (bicyclic) bond motifs is 1. The molecule has 0 aliphatic rings. The molecule has 0 saturated heterocycles. The predicted molar refractivity (Wildman–Crippen MR) is 90.0 cm³/mol. The molecule has 0 amide bonds. The van der Waals surface area contributed by atoms with Gasteiger partial charge in [-0.15, -0.1) is 0 Å². The van der Waals surface area contributed by atoms with Crippen LogP contribution in [0.25, 0.3) is 16.9 Å². The number of aromatic amines is 1. The Balaban J connectivity index is 1.66. The fourth-order valence-corrected chi connectivity index (χ4v) is 2.80. The molecule has 114 valence electrons. The van der Waals surface area contributed by atoms with Crippen LogP contribution in [0, 0.1) is 6.92 Å². The quantitative estimate of drug-likeness (QED) is 0.625. The summed E-state index contributed by atoms with van der Waals surface area (Å²) < 4.78 is 1.84. The van der Waals surface area contributed by atoms with Gasteiger partial charge in [-0.05, 0) is 43.3 Å². The summed E-state index contributed by atoms with van der Waals surface area (Å²) in [6, 6.07) is 13.5. The van der Waals surface area contributed by atoms with Gasteiger partial charge in [0.1, 0.15) is 5.82 Å². The molecule has 4 rings (SSSR count). The van der Waals surface area contributed by atoms with Crippen LogP contribution in [0.4, 0.5) is 0 Å². The van der Waals surface area contributed by atoms with E-state index in [9.17, 15) is 0 Å². The Morgan fingerprint density at radius 2 is 2.09 bits per heavy atom. The lowest BCUT2D eigenvalue weighted by Gasteiger charge is -2.01. The number of halogens is 1. The number of aromatic nitrogens is 5. The van der Waals surface area contributed by atoms with Crippen molar-refractivity contribution in [3.05, 3.63) is 70.9 Å². The molecule has 0 radical (unpaired) electrons. The average molecular weight is 324 g/mol. The number of rotatable bonds is 3. The lowest BCUT2D eigenvalue weighted by Crippen LogP contribution is -2.01. The molecule has 6 heteroatoms. The number of benzene rings is 1. The summed E-state index contributed by atoms with van der Waals surface area (Å²) in [4.78, 5) is 12.2. The van der Waals surface area contributed by atoms with Crippen molar-refractivity contribution in [3.8, 4) is 5.82 Å². The minimum absolute atomic E-state index is 0.632. The van der Waals surface area contributed by atoms with Crippen molar-refractivity contribution in [1.82, 2.24) is 24.7 Å². The molecule has 23 heavy (non-hydrogen) atoms. The smallest absolute Gasteiger partial charge is 0.153 e. The zero-order valence-electron chi connectivity index (χ0n) is 12.5. The molecule has 3 heterocycles. The van der Waals surface area contributed by atoms with Crippen LogP contribution in [-0.4, -0.2) is 24.7 Å². The van der Waals surface area contributed by atoms with Crippen LogP contribution >= 0.6 is 11.6 Å². The van der Waals surface area contributed by atoms with E-state index in [0.29, 0.717) is 11.4 Å². The summed E-state index contributed by atoms with van der Waals surface area (Å²) >= 11 is 6.01. The van der Waals surface area contributed by atoms with Gasteiger partial charge < -0.3 is 4.98 Å². The summed E-state index contributed by atoms with van der Waals surface area (Å²) in [6.07, 6.45) is 2.39. The molecule has 5 nitrogen and oxygen atoms in total. The molecule has 0 aliphatic heterocycles. The van der Waals surface area contributed by atoms with Gasteiger partial charge in [-0.3, -0.25) is 0 Å². The minimum atomic E-state index is 0.632.